The third kappa shape index (κ3) is 4.17. The number of rotatable bonds is 5. The maximum atomic E-state index is 12.5. The predicted molar refractivity (Wildman–Crippen MR) is 81.4 cm³/mol. The standard InChI is InChI=1S/C16H24N2O3/c1-17-9-7-14(11-15(17)19)16(20)18-8-3-5-13(12-18)6-4-10-21-2/h7,9,11,13H,3-6,8,10,12H2,1-2H3. The largest absolute Gasteiger partial charge is 0.385 e. The summed E-state index contributed by atoms with van der Waals surface area (Å²) in [4.78, 5) is 26.0. The second-order valence-electron chi connectivity index (χ2n) is 5.76. The fraction of sp³-hybridized carbons (Fsp3) is 0.625. The Labute approximate surface area is 125 Å². The van der Waals surface area contributed by atoms with Gasteiger partial charge in [0.15, 0.2) is 0 Å². The highest BCUT2D eigenvalue weighted by Gasteiger charge is 2.24. The number of likely N-dealkylation sites (tertiary alicyclic amines) is 1. The average Bonchev–Trinajstić information content (AvgIpc) is 2.50. The Morgan fingerprint density at radius 2 is 2.29 bits per heavy atom. The molecule has 2 heterocycles. The lowest BCUT2D eigenvalue weighted by Crippen LogP contribution is -2.40. The van der Waals surface area contributed by atoms with Crippen LogP contribution in [0.5, 0.6) is 0 Å². The molecule has 0 saturated carbocycles. The summed E-state index contributed by atoms with van der Waals surface area (Å²) in [5, 5.41) is 0. The quantitative estimate of drug-likeness (QED) is 0.776. The fourth-order valence-corrected chi connectivity index (χ4v) is 2.87. The van der Waals surface area contributed by atoms with Crippen molar-refractivity contribution in [3.8, 4) is 0 Å². The lowest BCUT2D eigenvalue weighted by Gasteiger charge is -2.33. The van der Waals surface area contributed by atoms with Crippen LogP contribution >= 0.6 is 0 Å². The van der Waals surface area contributed by atoms with Gasteiger partial charge in [-0.2, -0.15) is 0 Å². The highest BCUT2D eigenvalue weighted by Crippen LogP contribution is 2.22. The Bertz CT molecular complexity index is 539. The zero-order valence-electron chi connectivity index (χ0n) is 12.9. The molecule has 116 valence electrons. The molecule has 0 N–H and O–H groups in total. The highest BCUT2D eigenvalue weighted by atomic mass is 16.5. The molecule has 2 rings (SSSR count). The van der Waals surface area contributed by atoms with Crippen LogP contribution in [0.15, 0.2) is 23.1 Å². The molecule has 1 aliphatic rings. The van der Waals surface area contributed by atoms with Gasteiger partial charge in [-0.3, -0.25) is 9.59 Å². The first kappa shape index (κ1) is 15.8. The molecule has 1 aromatic rings. The summed E-state index contributed by atoms with van der Waals surface area (Å²) >= 11 is 0. The van der Waals surface area contributed by atoms with Gasteiger partial charge < -0.3 is 14.2 Å². The van der Waals surface area contributed by atoms with Crippen molar-refractivity contribution in [3.63, 3.8) is 0 Å². The number of carbonyl (C=O) groups is 1. The van der Waals surface area contributed by atoms with Gasteiger partial charge in [-0.15, -0.1) is 0 Å². The van der Waals surface area contributed by atoms with Crippen LogP contribution in [0.2, 0.25) is 0 Å². The molecule has 5 heteroatoms. The molecule has 0 bridgehead atoms. The monoisotopic (exact) mass is 292 g/mol. The van der Waals surface area contributed by atoms with Crippen molar-refractivity contribution in [1.82, 2.24) is 9.47 Å². The van der Waals surface area contributed by atoms with Crippen molar-refractivity contribution in [1.29, 1.82) is 0 Å². The number of carbonyl (C=O) groups excluding carboxylic acids is 1. The van der Waals surface area contributed by atoms with Gasteiger partial charge >= 0.3 is 0 Å². The third-order valence-corrected chi connectivity index (χ3v) is 4.12. The summed E-state index contributed by atoms with van der Waals surface area (Å²) in [7, 11) is 3.40. The number of hydrogen-bond acceptors (Lipinski definition) is 3. The lowest BCUT2D eigenvalue weighted by molar-refractivity contribution is 0.0660. The van der Waals surface area contributed by atoms with Crippen LogP contribution in [0.4, 0.5) is 0 Å². The van der Waals surface area contributed by atoms with Crippen LogP contribution in [-0.2, 0) is 11.8 Å². The van der Waals surface area contributed by atoms with Gasteiger partial charge in [0.2, 0.25) is 0 Å². The number of ether oxygens (including phenoxy) is 1. The Morgan fingerprint density at radius 3 is 3.00 bits per heavy atom. The zero-order valence-corrected chi connectivity index (χ0v) is 12.9. The second-order valence-corrected chi connectivity index (χ2v) is 5.76. The molecule has 1 atom stereocenters. The zero-order chi connectivity index (χ0) is 15.2. The number of aromatic nitrogens is 1. The molecule has 1 amide bonds. The summed E-state index contributed by atoms with van der Waals surface area (Å²) in [6, 6.07) is 3.15. The van der Waals surface area contributed by atoms with E-state index >= 15 is 0 Å². The molecule has 0 aliphatic carbocycles. The number of amides is 1. The van der Waals surface area contributed by atoms with E-state index in [4.69, 9.17) is 4.74 Å². The van der Waals surface area contributed by atoms with E-state index in [-0.39, 0.29) is 11.5 Å². The molecule has 0 spiro atoms. The van der Waals surface area contributed by atoms with Gasteiger partial charge in [0.25, 0.3) is 11.5 Å². The van der Waals surface area contributed by atoms with E-state index in [9.17, 15) is 9.59 Å². The van der Waals surface area contributed by atoms with Crippen LogP contribution < -0.4 is 5.56 Å². The Hall–Kier alpha value is -1.62. The number of hydrogen-bond donors (Lipinski definition) is 0. The van der Waals surface area contributed by atoms with Gasteiger partial charge in [0.1, 0.15) is 0 Å². The third-order valence-electron chi connectivity index (χ3n) is 4.12. The maximum absolute atomic E-state index is 12.5. The molecular weight excluding hydrogens is 268 g/mol. The molecule has 0 radical (unpaired) electrons. The van der Waals surface area contributed by atoms with E-state index in [1.165, 1.54) is 17.1 Å². The summed E-state index contributed by atoms with van der Waals surface area (Å²) in [5.74, 6) is 0.522. The van der Waals surface area contributed by atoms with E-state index in [2.05, 4.69) is 0 Å². The number of nitrogens with zero attached hydrogens (tertiary/aromatic N) is 2. The van der Waals surface area contributed by atoms with Crippen molar-refractivity contribution in [3.05, 3.63) is 34.2 Å². The molecule has 1 fully saturated rings. The summed E-state index contributed by atoms with van der Waals surface area (Å²) in [5.41, 5.74) is 0.352. The molecule has 1 unspecified atom stereocenters. The van der Waals surface area contributed by atoms with E-state index in [1.54, 1.807) is 26.4 Å². The lowest BCUT2D eigenvalue weighted by atomic mass is 9.93. The van der Waals surface area contributed by atoms with Crippen molar-refractivity contribution >= 4 is 5.91 Å². The van der Waals surface area contributed by atoms with Gasteiger partial charge in [-0.05, 0) is 37.7 Å². The van der Waals surface area contributed by atoms with Crippen LogP contribution in [0.1, 0.15) is 36.0 Å². The molecule has 1 aromatic heterocycles. The molecule has 0 aromatic carbocycles. The number of piperidine rings is 1. The van der Waals surface area contributed by atoms with Crippen LogP contribution in [0, 0.1) is 5.92 Å². The first-order chi connectivity index (χ1) is 10.1. The van der Waals surface area contributed by atoms with Crippen molar-refractivity contribution < 1.29 is 9.53 Å². The van der Waals surface area contributed by atoms with Crippen LogP contribution in [0.3, 0.4) is 0 Å². The Morgan fingerprint density at radius 1 is 1.48 bits per heavy atom. The Kier molecular flexibility index (Phi) is 5.56. The SMILES string of the molecule is COCCCC1CCCN(C(=O)c2ccn(C)c(=O)c2)C1. The first-order valence-electron chi connectivity index (χ1n) is 7.56. The minimum atomic E-state index is -0.144. The fourth-order valence-electron chi connectivity index (χ4n) is 2.87. The van der Waals surface area contributed by atoms with Crippen molar-refractivity contribution in [2.75, 3.05) is 26.8 Å². The summed E-state index contributed by atoms with van der Waals surface area (Å²) < 4.78 is 6.56. The summed E-state index contributed by atoms with van der Waals surface area (Å²) in [6.07, 6.45) is 5.98. The van der Waals surface area contributed by atoms with Gasteiger partial charge in [-0.1, -0.05) is 0 Å². The molecular formula is C16H24N2O3. The topological polar surface area (TPSA) is 51.5 Å². The van der Waals surface area contributed by atoms with E-state index in [1.807, 2.05) is 4.90 Å². The molecule has 1 saturated heterocycles. The number of aryl methyl sites for hydroxylation is 1. The first-order valence-corrected chi connectivity index (χ1v) is 7.56. The maximum Gasteiger partial charge on any atom is 0.254 e. The summed E-state index contributed by atoms with van der Waals surface area (Å²) in [6.45, 7) is 2.35. The molecule has 1 aliphatic heterocycles. The van der Waals surface area contributed by atoms with Crippen LogP contribution in [-0.4, -0.2) is 42.2 Å². The van der Waals surface area contributed by atoms with Crippen molar-refractivity contribution in [2.24, 2.45) is 13.0 Å². The molecule has 5 nitrogen and oxygen atoms in total. The van der Waals surface area contributed by atoms with E-state index in [0.29, 0.717) is 11.5 Å². The number of pyridine rings is 1. The van der Waals surface area contributed by atoms with Gasteiger partial charge in [-0.25, -0.2) is 0 Å². The Balaban J connectivity index is 1.98. The van der Waals surface area contributed by atoms with E-state index in [0.717, 1.165) is 39.0 Å². The highest BCUT2D eigenvalue weighted by molar-refractivity contribution is 5.94. The smallest absolute Gasteiger partial charge is 0.254 e. The van der Waals surface area contributed by atoms with Crippen LogP contribution in [0.25, 0.3) is 0 Å². The van der Waals surface area contributed by atoms with Gasteiger partial charge in [0, 0.05) is 51.7 Å². The molecule has 21 heavy (non-hydrogen) atoms. The minimum absolute atomic E-state index is 0.0239. The van der Waals surface area contributed by atoms with E-state index < -0.39 is 0 Å². The van der Waals surface area contributed by atoms with Crippen molar-refractivity contribution in [2.45, 2.75) is 25.7 Å². The minimum Gasteiger partial charge on any atom is -0.385 e. The predicted octanol–water partition coefficient (Wildman–Crippen LogP) is 1.66. The normalized spacial score (nSPS) is 18.8. The second kappa shape index (κ2) is 7.41. The van der Waals surface area contributed by atoms with Gasteiger partial charge in [0.05, 0.1) is 0 Å². The number of methoxy groups -OCH3 is 1. The average molecular weight is 292 g/mol.